The summed E-state index contributed by atoms with van der Waals surface area (Å²) in [5, 5.41) is 0.668. The molecule has 2 aromatic carbocycles. The second-order valence-electron chi connectivity index (χ2n) is 8.69. The van der Waals surface area contributed by atoms with E-state index in [4.69, 9.17) is 9.47 Å². The Kier molecular flexibility index (Phi) is 10.4. The second kappa shape index (κ2) is 13.1. The van der Waals surface area contributed by atoms with Crippen molar-refractivity contribution in [1.82, 2.24) is 4.31 Å². The minimum atomic E-state index is -3.75. The number of hydrogen-bond donors (Lipinski definition) is 0. The zero-order valence-electron chi connectivity index (χ0n) is 21.9. The molecule has 1 aromatic heterocycles. The van der Waals surface area contributed by atoms with Gasteiger partial charge in [0.1, 0.15) is 15.8 Å². The molecule has 0 amide bonds. The summed E-state index contributed by atoms with van der Waals surface area (Å²) in [6, 6.07) is 10.1. The van der Waals surface area contributed by atoms with Gasteiger partial charge in [0.05, 0.1) is 6.61 Å². The summed E-state index contributed by atoms with van der Waals surface area (Å²) >= 11 is 2.82. The monoisotopic (exact) mass is 567 g/mol. The standard InChI is InChI=1S/C27H34FNO5S3/c1-6-13-29(37(31,32)27-19(5)23-15-20(28)9-12-25(23)36-27)16-21(7-2)35-22-10-11-24(18(4)14-22)34-17-26(30)33-8-3/h9-12,14-15,21H,6-8,13,16-17H2,1-5H3. The number of fused-ring (bicyclic) bond motifs is 1. The largest absolute Gasteiger partial charge is 0.482 e. The number of aryl methyl sites for hydroxylation is 2. The number of carbonyl (C=O) groups is 1. The average molecular weight is 568 g/mol. The molecule has 6 nitrogen and oxygen atoms in total. The van der Waals surface area contributed by atoms with E-state index in [1.54, 1.807) is 36.0 Å². The molecule has 0 saturated heterocycles. The van der Waals surface area contributed by atoms with E-state index in [1.807, 2.05) is 39.0 Å². The van der Waals surface area contributed by atoms with Crippen molar-refractivity contribution in [2.24, 2.45) is 0 Å². The minimum Gasteiger partial charge on any atom is -0.482 e. The van der Waals surface area contributed by atoms with Crippen molar-refractivity contribution < 1.29 is 27.1 Å². The SMILES string of the molecule is CCCN(CC(CC)Sc1ccc(OCC(=O)OCC)c(C)c1)S(=O)(=O)c1sc2ccc(F)cc2c1C. The highest BCUT2D eigenvalue weighted by Gasteiger charge is 2.30. The van der Waals surface area contributed by atoms with Gasteiger partial charge in [0.2, 0.25) is 0 Å². The molecule has 3 aromatic rings. The van der Waals surface area contributed by atoms with Crippen LogP contribution < -0.4 is 4.74 Å². The lowest BCUT2D eigenvalue weighted by atomic mass is 10.2. The molecule has 0 aliphatic carbocycles. The Morgan fingerprint density at radius 3 is 2.54 bits per heavy atom. The first-order valence-corrected chi connectivity index (χ1v) is 15.5. The molecule has 10 heteroatoms. The summed E-state index contributed by atoms with van der Waals surface area (Å²) in [4.78, 5) is 12.6. The third kappa shape index (κ3) is 7.25. The van der Waals surface area contributed by atoms with Crippen LogP contribution in [0.2, 0.25) is 0 Å². The number of nitrogens with zero attached hydrogens (tertiary/aromatic N) is 1. The summed E-state index contributed by atoms with van der Waals surface area (Å²) < 4.78 is 54.4. The van der Waals surface area contributed by atoms with E-state index in [2.05, 4.69) is 0 Å². The summed E-state index contributed by atoms with van der Waals surface area (Å²) in [5.74, 6) is -0.183. The maximum absolute atomic E-state index is 13.8. The van der Waals surface area contributed by atoms with Gasteiger partial charge >= 0.3 is 5.97 Å². The topological polar surface area (TPSA) is 72.9 Å². The Morgan fingerprint density at radius 1 is 1.14 bits per heavy atom. The number of ether oxygens (including phenoxy) is 2. The van der Waals surface area contributed by atoms with Gasteiger partial charge in [0.15, 0.2) is 6.61 Å². The van der Waals surface area contributed by atoms with Crippen LogP contribution in [0.5, 0.6) is 5.75 Å². The van der Waals surface area contributed by atoms with E-state index in [9.17, 15) is 17.6 Å². The number of benzene rings is 2. The maximum Gasteiger partial charge on any atom is 0.344 e. The van der Waals surface area contributed by atoms with Crippen LogP contribution in [0.15, 0.2) is 45.5 Å². The van der Waals surface area contributed by atoms with Crippen LogP contribution in [-0.2, 0) is 19.6 Å². The van der Waals surface area contributed by atoms with Crippen LogP contribution in [0.25, 0.3) is 10.1 Å². The van der Waals surface area contributed by atoms with E-state index in [0.29, 0.717) is 42.8 Å². The number of sulfonamides is 1. The molecule has 0 radical (unpaired) electrons. The van der Waals surface area contributed by atoms with Crippen molar-refractivity contribution in [3.8, 4) is 5.75 Å². The number of hydrogen-bond acceptors (Lipinski definition) is 7. The fourth-order valence-electron chi connectivity index (χ4n) is 3.96. The number of thioether (sulfide) groups is 1. The minimum absolute atomic E-state index is 0.0270. The molecule has 1 heterocycles. The smallest absolute Gasteiger partial charge is 0.344 e. The summed E-state index contributed by atoms with van der Waals surface area (Å²) in [7, 11) is -3.75. The van der Waals surface area contributed by atoms with E-state index < -0.39 is 16.0 Å². The number of esters is 1. The highest BCUT2D eigenvalue weighted by Crippen LogP contribution is 2.37. The zero-order chi connectivity index (χ0) is 27.2. The van der Waals surface area contributed by atoms with Crippen LogP contribution in [-0.4, -0.2) is 50.2 Å². The molecular formula is C27H34FNO5S3. The summed E-state index contributed by atoms with van der Waals surface area (Å²) in [6.07, 6.45) is 1.46. The molecule has 3 rings (SSSR count). The number of halogens is 1. The van der Waals surface area contributed by atoms with Crippen LogP contribution >= 0.6 is 23.1 Å². The van der Waals surface area contributed by atoms with Crippen LogP contribution in [0.1, 0.15) is 44.7 Å². The lowest BCUT2D eigenvalue weighted by Gasteiger charge is -2.26. The Morgan fingerprint density at radius 2 is 1.89 bits per heavy atom. The molecule has 202 valence electrons. The van der Waals surface area contributed by atoms with Gasteiger partial charge in [-0.15, -0.1) is 23.1 Å². The third-order valence-electron chi connectivity index (χ3n) is 5.86. The van der Waals surface area contributed by atoms with Gasteiger partial charge in [-0.05, 0) is 86.5 Å². The normalized spacial score (nSPS) is 12.7. The fraction of sp³-hybridized carbons (Fsp3) is 0.444. The summed E-state index contributed by atoms with van der Waals surface area (Å²) in [6.45, 7) is 10.3. The molecule has 0 saturated carbocycles. The molecule has 0 N–H and O–H groups in total. The lowest BCUT2D eigenvalue weighted by Crippen LogP contribution is -2.37. The number of carbonyl (C=O) groups excluding carboxylic acids is 1. The van der Waals surface area contributed by atoms with E-state index in [0.717, 1.165) is 21.6 Å². The van der Waals surface area contributed by atoms with Crippen LogP contribution in [0.3, 0.4) is 0 Å². The fourth-order valence-corrected chi connectivity index (χ4v) is 8.71. The van der Waals surface area contributed by atoms with E-state index >= 15 is 0 Å². The van der Waals surface area contributed by atoms with Crippen molar-refractivity contribution in [3.63, 3.8) is 0 Å². The van der Waals surface area contributed by atoms with Crippen molar-refractivity contribution in [2.45, 2.75) is 61.8 Å². The number of rotatable bonds is 13. The first-order valence-electron chi connectivity index (χ1n) is 12.3. The molecule has 37 heavy (non-hydrogen) atoms. The summed E-state index contributed by atoms with van der Waals surface area (Å²) in [5.41, 5.74) is 1.48. The quantitative estimate of drug-likeness (QED) is 0.172. The zero-order valence-corrected chi connectivity index (χ0v) is 24.3. The van der Waals surface area contributed by atoms with Crippen molar-refractivity contribution in [3.05, 3.63) is 53.3 Å². The van der Waals surface area contributed by atoms with Crippen molar-refractivity contribution >= 4 is 49.2 Å². The van der Waals surface area contributed by atoms with E-state index in [-0.39, 0.29) is 21.9 Å². The molecule has 0 spiro atoms. The predicted octanol–water partition coefficient (Wildman–Crippen LogP) is 6.57. The average Bonchev–Trinajstić information content (AvgIpc) is 3.19. The maximum atomic E-state index is 13.8. The molecular weight excluding hydrogens is 533 g/mol. The Hall–Kier alpha value is -2.14. The van der Waals surface area contributed by atoms with Gasteiger partial charge in [-0.3, -0.25) is 0 Å². The second-order valence-corrected chi connectivity index (χ2v) is 13.2. The van der Waals surface area contributed by atoms with Gasteiger partial charge in [0, 0.05) is 27.9 Å². The molecule has 0 aliphatic heterocycles. The third-order valence-corrected chi connectivity index (χ3v) is 10.9. The molecule has 0 bridgehead atoms. The van der Waals surface area contributed by atoms with Gasteiger partial charge in [-0.1, -0.05) is 13.8 Å². The highest BCUT2D eigenvalue weighted by atomic mass is 32.2. The van der Waals surface area contributed by atoms with Gasteiger partial charge in [-0.25, -0.2) is 17.6 Å². The lowest BCUT2D eigenvalue weighted by molar-refractivity contribution is -0.145. The first kappa shape index (κ1) is 29.4. The van der Waals surface area contributed by atoms with Gasteiger partial charge < -0.3 is 9.47 Å². The van der Waals surface area contributed by atoms with Crippen LogP contribution in [0, 0.1) is 19.7 Å². The predicted molar refractivity (Wildman–Crippen MR) is 149 cm³/mol. The van der Waals surface area contributed by atoms with E-state index in [1.165, 1.54) is 23.5 Å². The molecule has 1 atom stereocenters. The Balaban J connectivity index is 1.78. The first-order chi connectivity index (χ1) is 17.6. The Bertz CT molecular complexity index is 1340. The van der Waals surface area contributed by atoms with Crippen molar-refractivity contribution in [1.29, 1.82) is 0 Å². The highest BCUT2D eigenvalue weighted by molar-refractivity contribution is 8.00. The van der Waals surface area contributed by atoms with Crippen molar-refractivity contribution in [2.75, 3.05) is 26.3 Å². The van der Waals surface area contributed by atoms with Crippen LogP contribution in [0.4, 0.5) is 4.39 Å². The number of thiophene rings is 1. The molecule has 0 aliphatic rings. The Labute approximate surface area is 227 Å². The van der Waals surface area contributed by atoms with Gasteiger partial charge in [-0.2, -0.15) is 4.31 Å². The molecule has 0 fully saturated rings. The van der Waals surface area contributed by atoms with Gasteiger partial charge in [0.25, 0.3) is 10.0 Å². The molecule has 1 unspecified atom stereocenters.